The molecule has 6 aromatic rings. The number of phenols is 2. The maximum absolute atomic E-state index is 13.7. The molecule has 358 valence electrons. The molecule has 0 unspecified atom stereocenters. The number of amides is 4. The lowest BCUT2D eigenvalue weighted by atomic mass is 9.77. The van der Waals surface area contributed by atoms with E-state index in [1.807, 2.05) is 60.2 Å². The number of phenolic OH excluding ortho intramolecular Hbond substituents is 2. The van der Waals surface area contributed by atoms with Crippen molar-refractivity contribution in [2.24, 2.45) is 5.92 Å². The summed E-state index contributed by atoms with van der Waals surface area (Å²) in [5, 5.41) is 31.6. The van der Waals surface area contributed by atoms with E-state index >= 15 is 0 Å². The molecule has 0 radical (unpaired) electrons. The van der Waals surface area contributed by atoms with E-state index in [4.69, 9.17) is 9.47 Å². The number of esters is 1. The van der Waals surface area contributed by atoms with Gasteiger partial charge in [-0.1, -0.05) is 43.9 Å². The molecule has 14 nitrogen and oxygen atoms in total. The average molecular weight is 952 g/mol. The number of hydrogen-bond acceptors (Lipinski definition) is 10. The van der Waals surface area contributed by atoms with Crippen molar-refractivity contribution in [2.75, 3.05) is 24.5 Å². The van der Waals surface area contributed by atoms with Crippen LogP contribution in [0.1, 0.15) is 125 Å². The number of ether oxygens (including phenoxy) is 2. The highest BCUT2D eigenvalue weighted by Gasteiger charge is 2.54. The lowest BCUT2D eigenvalue weighted by Gasteiger charge is -2.36. The predicted octanol–water partition coefficient (Wildman–Crippen LogP) is 9.22. The van der Waals surface area contributed by atoms with Crippen LogP contribution < -0.4 is 25.6 Å². The Morgan fingerprint density at radius 2 is 1.43 bits per heavy atom. The van der Waals surface area contributed by atoms with E-state index in [9.17, 15) is 34.2 Å². The van der Waals surface area contributed by atoms with Gasteiger partial charge in [-0.05, 0) is 124 Å². The number of thiophene rings is 1. The van der Waals surface area contributed by atoms with Gasteiger partial charge in [-0.15, -0.1) is 11.3 Å². The number of carbonyl (C=O) groups is 5. The maximum Gasteiger partial charge on any atom is 0.340 e. The summed E-state index contributed by atoms with van der Waals surface area (Å²) in [6, 6.07) is 25.7. The fourth-order valence-electron chi connectivity index (χ4n) is 10.1. The van der Waals surface area contributed by atoms with Crippen LogP contribution in [-0.2, 0) is 26.5 Å². The SMILES string of the molecule is CCN(C(=O)Cn1c(C(=O)NC2CCC(C(=O)NCCCCCCCCNC(=O)c3ccc4c(c3)C(=O)OC43c4ccc(O)cc4Oc4cc(O)ccc43)CC2)cc2sccc21)c1cccc(C)c1. The Balaban J connectivity index is 0.669. The van der Waals surface area contributed by atoms with Gasteiger partial charge in [-0.3, -0.25) is 19.2 Å². The third kappa shape index (κ3) is 9.65. The van der Waals surface area contributed by atoms with Gasteiger partial charge >= 0.3 is 5.97 Å². The van der Waals surface area contributed by atoms with Crippen LogP contribution in [0.5, 0.6) is 23.0 Å². The number of hydrogen-bond donors (Lipinski definition) is 5. The molecular formula is C54H57N5O9S. The Kier molecular flexibility index (Phi) is 13.8. The first-order valence-corrected chi connectivity index (χ1v) is 24.8. The Morgan fingerprint density at radius 3 is 2.12 bits per heavy atom. The number of nitrogens with zero attached hydrogens (tertiary/aromatic N) is 2. The number of anilines is 1. The minimum Gasteiger partial charge on any atom is -0.508 e. The third-order valence-corrected chi connectivity index (χ3v) is 14.5. The molecule has 0 atom stereocenters. The Hall–Kier alpha value is -7.13. The zero-order valence-electron chi connectivity index (χ0n) is 38.8. The molecule has 69 heavy (non-hydrogen) atoms. The highest BCUT2D eigenvalue weighted by molar-refractivity contribution is 7.17. The molecule has 15 heteroatoms. The summed E-state index contributed by atoms with van der Waals surface area (Å²) >= 11 is 1.54. The van der Waals surface area contributed by atoms with Gasteiger partial charge in [-0.2, -0.15) is 0 Å². The van der Waals surface area contributed by atoms with Crippen LogP contribution in [0, 0.1) is 12.8 Å². The van der Waals surface area contributed by atoms with Gasteiger partial charge in [0, 0.05) is 71.7 Å². The monoisotopic (exact) mass is 951 g/mol. The summed E-state index contributed by atoms with van der Waals surface area (Å²) in [7, 11) is 0. The van der Waals surface area contributed by atoms with Crippen molar-refractivity contribution >= 4 is 56.8 Å². The van der Waals surface area contributed by atoms with Crippen LogP contribution in [0.25, 0.3) is 10.2 Å². The first-order valence-electron chi connectivity index (χ1n) is 24.0. The number of aryl methyl sites for hydroxylation is 1. The van der Waals surface area contributed by atoms with Crippen LogP contribution in [0.3, 0.4) is 0 Å². The number of aromatic hydroxyl groups is 2. The summed E-state index contributed by atoms with van der Waals surface area (Å²) in [4.78, 5) is 68.8. The first-order chi connectivity index (χ1) is 33.4. The van der Waals surface area contributed by atoms with Crippen LogP contribution >= 0.6 is 11.3 Å². The van der Waals surface area contributed by atoms with E-state index in [2.05, 4.69) is 16.0 Å². The van der Waals surface area contributed by atoms with Crippen LogP contribution in [0.15, 0.2) is 96.4 Å². The Morgan fingerprint density at radius 1 is 0.768 bits per heavy atom. The van der Waals surface area contributed by atoms with E-state index in [1.54, 1.807) is 46.6 Å². The molecule has 4 heterocycles. The van der Waals surface area contributed by atoms with Crippen LogP contribution in [0.2, 0.25) is 0 Å². The maximum atomic E-state index is 13.7. The van der Waals surface area contributed by atoms with Crippen LogP contribution in [0.4, 0.5) is 5.69 Å². The molecular weight excluding hydrogens is 895 g/mol. The first kappa shape index (κ1) is 47.0. The normalized spacial score (nSPS) is 16.5. The second-order valence-electron chi connectivity index (χ2n) is 18.2. The lowest BCUT2D eigenvalue weighted by Crippen LogP contribution is -2.42. The van der Waals surface area contributed by atoms with Crippen molar-refractivity contribution in [3.8, 4) is 23.0 Å². The van der Waals surface area contributed by atoms with Gasteiger partial charge in [0.25, 0.3) is 11.8 Å². The molecule has 4 aromatic carbocycles. The highest BCUT2D eigenvalue weighted by Crippen LogP contribution is 2.57. The number of nitrogens with one attached hydrogen (secondary N) is 3. The van der Waals surface area contributed by atoms with Crippen molar-refractivity contribution < 1.29 is 43.7 Å². The number of likely N-dealkylation sites (N-methyl/N-ethyl adjacent to an activating group) is 1. The molecule has 1 fully saturated rings. The topological polar surface area (TPSA) is 189 Å². The second kappa shape index (κ2) is 20.2. The quantitative estimate of drug-likeness (QED) is 0.0439. The standard InChI is InChI=1S/C54H57N5O9S/c1-3-58(37-12-10-11-33(2)27-37)49(62)32-59-44-23-26-69-48(44)31-45(59)52(65)57-36-16-13-34(14-17-36)50(63)55-24-8-6-4-5-7-9-25-56-51(64)35-15-20-41-40(28-35)53(66)68-54(41)42-21-18-38(60)29-46(42)67-47-30-39(61)19-22-43(47)54/h10-12,15,18-23,26-31,34,36,60-61H,3-9,13-14,16-17,24-25,32H2,1-2H3,(H,55,63)(H,56,64)(H,57,65). The number of fused-ring (bicyclic) bond motifs is 7. The van der Waals surface area contributed by atoms with Gasteiger partial charge in [0.15, 0.2) is 5.60 Å². The summed E-state index contributed by atoms with van der Waals surface area (Å²) in [6.07, 6.45) is 8.42. The number of unbranched alkanes of at least 4 members (excludes halogenated alkanes) is 5. The number of aromatic nitrogens is 1. The fourth-order valence-corrected chi connectivity index (χ4v) is 10.9. The molecule has 1 aliphatic carbocycles. The fraction of sp³-hybridized carbons (Fsp3) is 0.352. The van der Waals surface area contributed by atoms with Gasteiger partial charge < -0.3 is 45.1 Å². The molecule has 0 bridgehead atoms. The summed E-state index contributed by atoms with van der Waals surface area (Å²) in [5.41, 5.74) is 3.99. The second-order valence-corrected chi connectivity index (χ2v) is 19.2. The Bertz CT molecular complexity index is 2880. The Labute approximate surface area is 404 Å². The zero-order valence-corrected chi connectivity index (χ0v) is 39.7. The summed E-state index contributed by atoms with van der Waals surface area (Å²) < 4.78 is 14.9. The van der Waals surface area contributed by atoms with E-state index in [0.29, 0.717) is 73.3 Å². The van der Waals surface area contributed by atoms with E-state index in [-0.39, 0.29) is 70.7 Å². The molecule has 2 aliphatic heterocycles. The molecule has 1 saturated carbocycles. The van der Waals surface area contributed by atoms with Gasteiger partial charge in [-0.25, -0.2) is 4.79 Å². The van der Waals surface area contributed by atoms with Crippen molar-refractivity contribution in [3.63, 3.8) is 0 Å². The van der Waals surface area contributed by atoms with Crippen molar-refractivity contribution in [1.29, 1.82) is 0 Å². The lowest BCUT2D eigenvalue weighted by molar-refractivity contribution is -0.126. The predicted molar refractivity (Wildman–Crippen MR) is 263 cm³/mol. The number of benzene rings is 4. The molecule has 5 N–H and O–H groups in total. The molecule has 9 rings (SSSR count). The van der Waals surface area contributed by atoms with Crippen molar-refractivity contribution in [1.82, 2.24) is 20.5 Å². The van der Waals surface area contributed by atoms with E-state index in [1.165, 1.54) is 24.3 Å². The van der Waals surface area contributed by atoms with Gasteiger partial charge in [0.05, 0.1) is 15.8 Å². The molecule has 1 spiro atoms. The number of carbonyl (C=O) groups excluding carboxylic acids is 5. The van der Waals surface area contributed by atoms with Crippen molar-refractivity contribution in [2.45, 2.75) is 96.2 Å². The summed E-state index contributed by atoms with van der Waals surface area (Å²) in [5.74, 6) is -0.695. The van der Waals surface area contributed by atoms with Crippen molar-refractivity contribution in [3.05, 3.63) is 135 Å². The van der Waals surface area contributed by atoms with Gasteiger partial charge in [0.1, 0.15) is 35.2 Å². The van der Waals surface area contributed by atoms with E-state index < -0.39 is 11.6 Å². The molecule has 0 saturated heterocycles. The molecule has 2 aromatic heterocycles. The van der Waals surface area contributed by atoms with E-state index in [0.717, 1.165) is 60.0 Å². The smallest absolute Gasteiger partial charge is 0.340 e. The molecule has 4 amide bonds. The summed E-state index contributed by atoms with van der Waals surface area (Å²) in [6.45, 7) is 5.61. The molecule has 3 aliphatic rings. The average Bonchev–Trinajstić information content (AvgIpc) is 4.02. The minimum absolute atomic E-state index is 0.0310. The zero-order chi connectivity index (χ0) is 48.2. The highest BCUT2D eigenvalue weighted by atomic mass is 32.1. The van der Waals surface area contributed by atoms with Crippen LogP contribution in [-0.4, -0.2) is 70.1 Å². The minimum atomic E-state index is -1.39. The largest absolute Gasteiger partial charge is 0.508 e. The van der Waals surface area contributed by atoms with Gasteiger partial charge in [0.2, 0.25) is 11.8 Å². The number of rotatable bonds is 17. The third-order valence-electron chi connectivity index (χ3n) is 13.6.